The third-order valence-electron chi connectivity index (χ3n) is 4.19. The number of furan rings is 1. The molecule has 14 heteroatoms. The fourth-order valence-electron chi connectivity index (χ4n) is 2.35. The molecule has 14 nitrogen and oxygen atoms in total. The van der Waals surface area contributed by atoms with Crippen molar-refractivity contribution in [2.45, 2.75) is 58.2 Å². The summed E-state index contributed by atoms with van der Waals surface area (Å²) in [6, 6.07) is 1.54. The lowest BCUT2D eigenvalue weighted by Crippen LogP contribution is -2.40. The second kappa shape index (κ2) is 20.4. The van der Waals surface area contributed by atoms with E-state index in [2.05, 4.69) is 16.4 Å². The van der Waals surface area contributed by atoms with Gasteiger partial charge in [0.2, 0.25) is 5.91 Å². The summed E-state index contributed by atoms with van der Waals surface area (Å²) in [6.07, 6.45) is 6.43. The first-order valence-corrected chi connectivity index (χ1v) is 11.3. The number of aliphatic carboxylic acids is 4. The average Bonchev–Trinajstić information content (AvgIpc) is 3.52. The van der Waals surface area contributed by atoms with Gasteiger partial charge < -0.3 is 46.9 Å². The van der Waals surface area contributed by atoms with Crippen LogP contribution in [-0.4, -0.2) is 81.4 Å². The summed E-state index contributed by atoms with van der Waals surface area (Å²) in [5, 5.41) is 38.1. The third-order valence-corrected chi connectivity index (χ3v) is 4.19. The lowest BCUT2D eigenvalue weighted by molar-refractivity contribution is -0.141. The summed E-state index contributed by atoms with van der Waals surface area (Å²) in [4.78, 5) is 51.4. The average molecular weight is 531 g/mol. The lowest BCUT2D eigenvalue weighted by atomic mass is 10.0. The molecule has 1 fully saturated rings. The Morgan fingerprint density at radius 1 is 1.14 bits per heavy atom. The van der Waals surface area contributed by atoms with E-state index < -0.39 is 41.9 Å². The zero-order valence-electron chi connectivity index (χ0n) is 21.1. The lowest BCUT2D eigenvalue weighted by Gasteiger charge is -2.15. The minimum Gasteiger partial charge on any atom is -0.480 e. The highest BCUT2D eigenvalue weighted by Crippen LogP contribution is 2.06. The highest BCUT2D eigenvalue weighted by atomic mass is 16.4. The Balaban J connectivity index is 0. The monoisotopic (exact) mass is 530 g/mol. The van der Waals surface area contributed by atoms with Crippen LogP contribution in [0.1, 0.15) is 45.8 Å². The van der Waals surface area contributed by atoms with Crippen molar-refractivity contribution in [3.05, 3.63) is 30.2 Å². The molecule has 1 aromatic rings. The van der Waals surface area contributed by atoms with E-state index in [4.69, 9.17) is 30.6 Å². The molecular weight excluding hydrogens is 492 g/mol. The van der Waals surface area contributed by atoms with Gasteiger partial charge in [-0.15, -0.1) is 0 Å². The minimum atomic E-state index is -1.02. The first-order valence-electron chi connectivity index (χ1n) is 11.3. The normalized spacial score (nSPS) is 15.6. The van der Waals surface area contributed by atoms with Gasteiger partial charge in [-0.3, -0.25) is 19.2 Å². The van der Waals surface area contributed by atoms with Crippen molar-refractivity contribution >= 4 is 35.9 Å². The van der Waals surface area contributed by atoms with Crippen LogP contribution in [0, 0.1) is 5.92 Å². The molecule has 1 amide bonds. The molecule has 1 aliphatic heterocycles. The van der Waals surface area contributed by atoms with E-state index in [0.29, 0.717) is 12.2 Å². The Hall–Kier alpha value is -3.75. The zero-order chi connectivity index (χ0) is 29.0. The number of carbonyl (C=O) groups is 5. The molecule has 210 valence electrons. The van der Waals surface area contributed by atoms with Gasteiger partial charge in [0.05, 0.1) is 12.8 Å². The number of carbonyl (C=O) groups excluding carboxylic acids is 1. The molecule has 0 spiro atoms. The van der Waals surface area contributed by atoms with Gasteiger partial charge in [0.15, 0.2) is 0 Å². The number of hydrogen-bond donors (Lipinski definition) is 8. The molecule has 0 bridgehead atoms. The number of carboxylic acid groups (broad SMARTS) is 4. The maximum atomic E-state index is 11.5. The summed E-state index contributed by atoms with van der Waals surface area (Å²) in [6.45, 7) is 5.81. The summed E-state index contributed by atoms with van der Waals surface area (Å²) >= 11 is 0. The number of rotatable bonds is 9. The molecule has 1 aliphatic rings. The van der Waals surface area contributed by atoms with Crippen molar-refractivity contribution < 1.29 is 48.8 Å². The quantitative estimate of drug-likeness (QED) is 0.198. The van der Waals surface area contributed by atoms with Gasteiger partial charge in [-0.25, -0.2) is 4.79 Å². The van der Waals surface area contributed by atoms with Crippen molar-refractivity contribution in [3.63, 3.8) is 0 Å². The van der Waals surface area contributed by atoms with E-state index in [1.165, 1.54) is 25.3 Å². The zero-order valence-corrected chi connectivity index (χ0v) is 21.1. The molecule has 2 rings (SSSR count). The van der Waals surface area contributed by atoms with Crippen LogP contribution in [0.4, 0.5) is 0 Å². The molecular formula is C23H38N4O10. The number of carboxylic acids is 4. The SMILES string of the molecule is CC(C)CC(NC(=O)C=Cc1ccco1)C(=O)O.CC(N)C(=O)O.NCC(=O)O.O=C(O)[C@@H]1CCCN1. The van der Waals surface area contributed by atoms with Crippen LogP contribution in [0.5, 0.6) is 0 Å². The van der Waals surface area contributed by atoms with Gasteiger partial charge in [-0.2, -0.15) is 0 Å². The Kier molecular flexibility index (Phi) is 19.6. The molecule has 3 atom stereocenters. The van der Waals surface area contributed by atoms with E-state index >= 15 is 0 Å². The number of amides is 1. The summed E-state index contributed by atoms with van der Waals surface area (Å²) in [7, 11) is 0. The largest absolute Gasteiger partial charge is 0.480 e. The van der Waals surface area contributed by atoms with Crippen LogP contribution in [0.3, 0.4) is 0 Å². The molecule has 10 N–H and O–H groups in total. The van der Waals surface area contributed by atoms with Crippen LogP contribution in [0.25, 0.3) is 6.08 Å². The fraction of sp³-hybridized carbons (Fsp3) is 0.522. The predicted octanol–water partition coefficient (Wildman–Crippen LogP) is 0.179. The second-order valence-electron chi connectivity index (χ2n) is 8.09. The second-order valence-corrected chi connectivity index (χ2v) is 8.09. The predicted molar refractivity (Wildman–Crippen MR) is 133 cm³/mol. The Morgan fingerprint density at radius 3 is 2.00 bits per heavy atom. The molecule has 1 aromatic heterocycles. The van der Waals surface area contributed by atoms with Gasteiger partial charge >= 0.3 is 23.9 Å². The van der Waals surface area contributed by atoms with Crippen molar-refractivity contribution in [3.8, 4) is 0 Å². The van der Waals surface area contributed by atoms with Gasteiger partial charge in [-0.1, -0.05) is 13.8 Å². The number of nitrogens with one attached hydrogen (secondary N) is 2. The molecule has 2 heterocycles. The molecule has 0 radical (unpaired) electrons. The number of nitrogens with two attached hydrogens (primary N) is 2. The standard InChI is InChI=1S/C13H17NO4.C5H9NO2.C3H7NO2.C2H5NO2/c1-9(2)8-11(13(16)17)14-12(15)6-5-10-4-3-7-18-10;7-5(8)4-2-1-3-6-4;1-2(4)3(5)6;3-1-2(4)5/h3-7,9,11H,8H2,1-2H3,(H,14,15)(H,16,17);4,6H,1-3H2,(H,7,8);2H,4H2,1H3,(H,5,6);1,3H2,(H,4,5)/t;4-;;/m.0../s1. The van der Waals surface area contributed by atoms with E-state index in [1.54, 1.807) is 12.1 Å². The maximum absolute atomic E-state index is 11.5. The van der Waals surface area contributed by atoms with Gasteiger partial charge in [0, 0.05) is 6.08 Å². The summed E-state index contributed by atoms with van der Waals surface area (Å²) in [5.74, 6) is -3.38. The molecule has 37 heavy (non-hydrogen) atoms. The molecule has 1 saturated heterocycles. The highest BCUT2D eigenvalue weighted by Gasteiger charge is 2.20. The van der Waals surface area contributed by atoms with E-state index in [-0.39, 0.29) is 18.5 Å². The first kappa shape index (κ1) is 35.4. The van der Waals surface area contributed by atoms with Crippen LogP contribution < -0.4 is 22.1 Å². The van der Waals surface area contributed by atoms with Gasteiger partial charge in [0.1, 0.15) is 23.9 Å². The summed E-state index contributed by atoms with van der Waals surface area (Å²) in [5.41, 5.74) is 9.41. The van der Waals surface area contributed by atoms with Crippen LogP contribution >= 0.6 is 0 Å². The van der Waals surface area contributed by atoms with Crippen molar-refractivity contribution in [2.75, 3.05) is 13.1 Å². The summed E-state index contributed by atoms with van der Waals surface area (Å²) < 4.78 is 5.02. The molecule has 0 aliphatic carbocycles. The van der Waals surface area contributed by atoms with E-state index in [1.807, 2.05) is 13.8 Å². The Labute approximate surface area is 214 Å². The smallest absolute Gasteiger partial charge is 0.326 e. The van der Waals surface area contributed by atoms with E-state index in [9.17, 15) is 24.0 Å². The molecule has 0 saturated carbocycles. The van der Waals surface area contributed by atoms with Crippen LogP contribution in [0.15, 0.2) is 28.9 Å². The first-order chi connectivity index (χ1) is 17.2. The van der Waals surface area contributed by atoms with Crippen molar-refractivity contribution in [2.24, 2.45) is 17.4 Å². The van der Waals surface area contributed by atoms with Crippen molar-refractivity contribution in [1.82, 2.24) is 10.6 Å². The molecule has 2 unspecified atom stereocenters. The Bertz CT molecular complexity index is 848. The fourth-order valence-corrected chi connectivity index (χ4v) is 2.35. The van der Waals surface area contributed by atoms with Gasteiger partial charge in [0.25, 0.3) is 0 Å². The third kappa shape index (κ3) is 21.3. The van der Waals surface area contributed by atoms with Crippen LogP contribution in [-0.2, 0) is 24.0 Å². The number of hydrogen-bond acceptors (Lipinski definition) is 9. The topological polar surface area (TPSA) is 256 Å². The minimum absolute atomic E-state index is 0.195. The van der Waals surface area contributed by atoms with Crippen LogP contribution in [0.2, 0.25) is 0 Å². The molecule has 0 aromatic carbocycles. The maximum Gasteiger partial charge on any atom is 0.326 e. The van der Waals surface area contributed by atoms with E-state index in [0.717, 1.165) is 19.4 Å². The van der Waals surface area contributed by atoms with Crippen molar-refractivity contribution in [1.29, 1.82) is 0 Å². The van der Waals surface area contributed by atoms with Gasteiger partial charge in [-0.05, 0) is 56.9 Å². The Morgan fingerprint density at radius 2 is 1.70 bits per heavy atom. The highest BCUT2D eigenvalue weighted by molar-refractivity contribution is 5.94.